The first-order valence-electron chi connectivity index (χ1n) is 13.3. The molecule has 0 radical (unpaired) electrons. The van der Waals surface area contributed by atoms with E-state index in [9.17, 15) is 9.59 Å². The Kier molecular flexibility index (Phi) is 8.16. The summed E-state index contributed by atoms with van der Waals surface area (Å²) in [6, 6.07) is 12.0. The number of anilines is 1. The molecule has 2 aromatic heterocycles. The van der Waals surface area contributed by atoms with Crippen molar-refractivity contribution in [3.8, 4) is 22.5 Å². The molecule has 0 bridgehead atoms. The molecule has 208 valence electrons. The maximum atomic E-state index is 13.4. The molecule has 5 rings (SSSR count). The predicted molar refractivity (Wildman–Crippen MR) is 153 cm³/mol. The van der Waals surface area contributed by atoms with E-state index >= 15 is 0 Å². The Bertz CT molecular complexity index is 1490. The molecule has 1 aliphatic rings. The maximum Gasteiger partial charge on any atom is 0.408 e. The monoisotopic (exact) mass is 561 g/mol. The second-order valence-corrected chi connectivity index (χ2v) is 10.9. The Morgan fingerprint density at radius 3 is 2.55 bits per heavy atom. The summed E-state index contributed by atoms with van der Waals surface area (Å²) in [6.07, 6.45) is 6.50. The van der Waals surface area contributed by atoms with Crippen LogP contribution in [-0.4, -0.2) is 48.7 Å². The first kappa shape index (κ1) is 27.4. The smallest absolute Gasteiger partial charge is 0.408 e. The summed E-state index contributed by atoms with van der Waals surface area (Å²) in [4.78, 5) is 30.1. The average molecular weight is 562 g/mol. The minimum Gasteiger partial charge on any atom is -0.446 e. The van der Waals surface area contributed by atoms with Crippen molar-refractivity contribution in [3.63, 3.8) is 0 Å². The first-order valence-corrected chi connectivity index (χ1v) is 13.7. The van der Waals surface area contributed by atoms with Crippen molar-refractivity contribution in [2.75, 3.05) is 5.32 Å². The number of benzene rings is 2. The van der Waals surface area contributed by atoms with Gasteiger partial charge in [-0.25, -0.2) is 9.78 Å². The van der Waals surface area contributed by atoms with Crippen LogP contribution in [0.1, 0.15) is 32.3 Å². The highest BCUT2D eigenvalue weighted by Gasteiger charge is 2.29. The molecule has 1 aliphatic carbocycles. The Labute approximate surface area is 237 Å². The normalized spacial score (nSPS) is 13.7. The molecule has 2 aromatic carbocycles. The van der Waals surface area contributed by atoms with Gasteiger partial charge in [0.15, 0.2) is 0 Å². The largest absolute Gasteiger partial charge is 0.446 e. The number of nitrogens with one attached hydrogen (secondary N) is 2. The molecule has 11 heteroatoms. The highest BCUT2D eigenvalue weighted by molar-refractivity contribution is 6.31. The molecule has 2 amide bonds. The second kappa shape index (κ2) is 11.9. The van der Waals surface area contributed by atoms with E-state index in [2.05, 4.69) is 39.8 Å². The lowest BCUT2D eigenvalue weighted by atomic mass is 10.0. The van der Waals surface area contributed by atoms with Crippen LogP contribution in [0.15, 0.2) is 61.2 Å². The molecule has 10 nitrogen and oxygen atoms in total. The molecule has 1 saturated carbocycles. The van der Waals surface area contributed by atoms with Crippen molar-refractivity contribution in [1.29, 1.82) is 0 Å². The van der Waals surface area contributed by atoms with Crippen LogP contribution in [-0.2, 0) is 29.5 Å². The van der Waals surface area contributed by atoms with Crippen molar-refractivity contribution in [3.05, 3.63) is 71.8 Å². The lowest BCUT2D eigenvalue weighted by molar-refractivity contribution is -0.118. The number of nitrogens with zero attached hydrogens (tertiary/aromatic N) is 5. The van der Waals surface area contributed by atoms with Gasteiger partial charge in [0, 0.05) is 36.3 Å². The molecular weight excluding hydrogens is 530 g/mol. The number of rotatable bonds is 10. The third-order valence-corrected chi connectivity index (χ3v) is 6.90. The zero-order chi connectivity index (χ0) is 28.2. The molecule has 0 unspecified atom stereocenters. The summed E-state index contributed by atoms with van der Waals surface area (Å²) < 4.78 is 9.09. The van der Waals surface area contributed by atoms with E-state index in [1.165, 1.54) is 0 Å². The molecule has 0 saturated heterocycles. The standard InChI is InChI=1S/C29H32ClN7O3/c1-18(2)15-37-16-26(34-35-37)20-6-11-24(30)21(12-20)13-25(33-29(39)40-23-9-10-23)28(38)32-22-7-4-19(5-8-22)27-14-31-17-36(27)3/h4-8,11-12,14,16-18,23,25H,9-10,13,15H2,1-3H3,(H,32,38)(H,33,39)/t25-/m0/s1. The van der Waals surface area contributed by atoms with Crippen molar-refractivity contribution in [2.24, 2.45) is 13.0 Å². The van der Waals surface area contributed by atoms with Gasteiger partial charge in [0.1, 0.15) is 17.8 Å². The Balaban J connectivity index is 1.34. The third kappa shape index (κ3) is 6.87. The van der Waals surface area contributed by atoms with Gasteiger partial charge in [0.25, 0.3) is 0 Å². The number of ether oxygens (including phenoxy) is 1. The van der Waals surface area contributed by atoms with Gasteiger partial charge >= 0.3 is 6.09 Å². The zero-order valence-electron chi connectivity index (χ0n) is 22.7. The molecule has 2 heterocycles. The Morgan fingerprint density at radius 1 is 1.12 bits per heavy atom. The fourth-order valence-corrected chi connectivity index (χ4v) is 4.51. The minimum absolute atomic E-state index is 0.0939. The molecule has 1 atom stereocenters. The van der Waals surface area contributed by atoms with Gasteiger partial charge in [-0.05, 0) is 54.2 Å². The number of alkyl carbamates (subject to hydrolysis) is 1. The van der Waals surface area contributed by atoms with Gasteiger partial charge in [-0.3, -0.25) is 9.48 Å². The number of carbonyl (C=O) groups excluding carboxylic acids is 2. The van der Waals surface area contributed by atoms with E-state index in [1.807, 2.05) is 54.2 Å². The lowest BCUT2D eigenvalue weighted by Gasteiger charge is -2.19. The number of hydrogen-bond acceptors (Lipinski definition) is 6. The number of hydrogen-bond donors (Lipinski definition) is 2. The summed E-state index contributed by atoms with van der Waals surface area (Å²) in [5, 5.41) is 14.6. The third-order valence-electron chi connectivity index (χ3n) is 6.53. The van der Waals surface area contributed by atoms with E-state index in [1.54, 1.807) is 23.3 Å². The second-order valence-electron chi connectivity index (χ2n) is 10.5. The molecule has 0 spiro atoms. The number of amides is 2. The van der Waals surface area contributed by atoms with Crippen LogP contribution in [0, 0.1) is 5.92 Å². The van der Waals surface area contributed by atoms with Gasteiger partial charge in [-0.2, -0.15) is 0 Å². The van der Waals surface area contributed by atoms with Gasteiger partial charge in [-0.15, -0.1) is 5.10 Å². The van der Waals surface area contributed by atoms with Crippen LogP contribution in [0.2, 0.25) is 5.02 Å². The number of carbonyl (C=O) groups is 2. The van der Waals surface area contributed by atoms with E-state index in [4.69, 9.17) is 16.3 Å². The summed E-state index contributed by atoms with van der Waals surface area (Å²) >= 11 is 6.55. The Hall–Kier alpha value is -4.18. The topological polar surface area (TPSA) is 116 Å². The first-order chi connectivity index (χ1) is 19.2. The van der Waals surface area contributed by atoms with Crippen LogP contribution in [0.25, 0.3) is 22.5 Å². The van der Waals surface area contributed by atoms with Gasteiger partial charge in [0.05, 0.1) is 24.4 Å². The fraction of sp³-hybridized carbons (Fsp3) is 0.345. The van der Waals surface area contributed by atoms with E-state index in [0.29, 0.717) is 27.9 Å². The number of aryl methyl sites for hydroxylation is 1. The molecular formula is C29H32ClN7O3. The SMILES string of the molecule is CC(C)Cn1cc(-c2ccc(Cl)c(C[C@H](NC(=O)OC3CC3)C(=O)Nc3ccc(-c4cncn4C)cc3)c2)nn1. The van der Waals surface area contributed by atoms with Crippen LogP contribution >= 0.6 is 11.6 Å². The Morgan fingerprint density at radius 2 is 1.88 bits per heavy atom. The maximum absolute atomic E-state index is 13.4. The van der Waals surface area contributed by atoms with Crippen LogP contribution in [0.4, 0.5) is 10.5 Å². The number of aromatic nitrogens is 5. The molecule has 2 N–H and O–H groups in total. The summed E-state index contributed by atoms with van der Waals surface area (Å²) in [5.41, 5.74) is 4.73. The van der Waals surface area contributed by atoms with Crippen LogP contribution in [0.5, 0.6) is 0 Å². The summed E-state index contributed by atoms with van der Waals surface area (Å²) in [5.74, 6) is 0.0489. The van der Waals surface area contributed by atoms with Crippen molar-refractivity contribution in [1.82, 2.24) is 29.9 Å². The predicted octanol–water partition coefficient (Wildman–Crippen LogP) is 5.09. The summed E-state index contributed by atoms with van der Waals surface area (Å²) in [7, 11) is 1.92. The highest BCUT2D eigenvalue weighted by atomic mass is 35.5. The highest BCUT2D eigenvalue weighted by Crippen LogP contribution is 2.27. The quantitative estimate of drug-likeness (QED) is 0.278. The van der Waals surface area contributed by atoms with Crippen molar-refractivity contribution >= 4 is 29.3 Å². The van der Waals surface area contributed by atoms with Crippen molar-refractivity contribution in [2.45, 2.75) is 51.8 Å². The average Bonchev–Trinajstić information content (AvgIpc) is 3.42. The van der Waals surface area contributed by atoms with E-state index in [-0.39, 0.29) is 18.4 Å². The van der Waals surface area contributed by atoms with E-state index in [0.717, 1.165) is 36.2 Å². The van der Waals surface area contributed by atoms with E-state index < -0.39 is 12.1 Å². The van der Waals surface area contributed by atoms with Gasteiger partial charge in [-0.1, -0.05) is 48.9 Å². The van der Waals surface area contributed by atoms with Crippen LogP contribution < -0.4 is 10.6 Å². The van der Waals surface area contributed by atoms with Crippen molar-refractivity contribution < 1.29 is 14.3 Å². The fourth-order valence-electron chi connectivity index (χ4n) is 4.32. The van der Waals surface area contributed by atoms with Crippen LogP contribution in [0.3, 0.4) is 0 Å². The number of halogens is 1. The van der Waals surface area contributed by atoms with Gasteiger partial charge < -0.3 is 19.9 Å². The zero-order valence-corrected chi connectivity index (χ0v) is 23.4. The molecule has 40 heavy (non-hydrogen) atoms. The molecule has 4 aromatic rings. The lowest BCUT2D eigenvalue weighted by Crippen LogP contribution is -2.45. The summed E-state index contributed by atoms with van der Waals surface area (Å²) in [6.45, 7) is 4.98. The number of imidazole rings is 1. The molecule has 1 fully saturated rings. The molecule has 0 aliphatic heterocycles. The minimum atomic E-state index is -0.924. The van der Waals surface area contributed by atoms with Gasteiger partial charge in [0.2, 0.25) is 5.91 Å².